The van der Waals surface area contributed by atoms with Crippen molar-refractivity contribution in [3.8, 4) is 6.07 Å². The second kappa shape index (κ2) is 3.87. The average Bonchev–Trinajstić information content (AvgIpc) is 1.82. The monoisotopic (exact) mass is 129 g/mol. The third-order valence-electron chi connectivity index (χ3n) is 0.815. The number of nitriles is 1. The summed E-state index contributed by atoms with van der Waals surface area (Å²) in [6, 6.07) is 1.73. The van der Waals surface area contributed by atoms with Gasteiger partial charge >= 0.3 is 5.97 Å². The van der Waals surface area contributed by atoms with Crippen LogP contribution in [0.5, 0.6) is 0 Å². The van der Waals surface area contributed by atoms with Crippen LogP contribution < -0.4 is 0 Å². The van der Waals surface area contributed by atoms with E-state index in [0.29, 0.717) is 0 Å². The molecule has 0 heterocycles. The Balaban J connectivity index is 3.41. The number of carbonyl (C=O) groups is 1. The maximum Gasteiger partial charge on any atom is 0.332 e. The van der Waals surface area contributed by atoms with Crippen LogP contribution in [-0.4, -0.2) is 22.3 Å². The van der Waals surface area contributed by atoms with Crippen molar-refractivity contribution in [3.05, 3.63) is 0 Å². The number of rotatable bonds is 3. The maximum absolute atomic E-state index is 9.85. The molecule has 4 nitrogen and oxygen atoms in total. The quantitative estimate of drug-likeness (QED) is 0.549. The van der Waals surface area contributed by atoms with Gasteiger partial charge in [-0.15, -0.1) is 0 Å². The molecule has 0 amide bonds. The highest BCUT2D eigenvalue weighted by atomic mass is 16.4. The Labute approximate surface area is 52.3 Å². The maximum atomic E-state index is 9.85. The average molecular weight is 129 g/mol. The number of aliphatic carboxylic acids is 1. The Hall–Kier alpha value is -1.08. The van der Waals surface area contributed by atoms with E-state index in [0.717, 1.165) is 0 Å². The number of aliphatic hydroxyl groups is 1. The predicted molar refractivity (Wildman–Crippen MR) is 28.5 cm³/mol. The van der Waals surface area contributed by atoms with Gasteiger partial charge in [0.1, 0.15) is 0 Å². The topological polar surface area (TPSA) is 81.3 Å². The molecule has 0 saturated carbocycles. The number of nitrogens with zero attached hydrogens (tertiary/aromatic N) is 1. The summed E-state index contributed by atoms with van der Waals surface area (Å²) in [7, 11) is 0. The minimum absolute atomic E-state index is 0.00579. The fraction of sp³-hybridized carbons (Fsp3) is 0.600. The fourth-order valence-corrected chi connectivity index (χ4v) is 0.325. The molecule has 0 aliphatic heterocycles. The zero-order chi connectivity index (χ0) is 7.28. The summed E-state index contributed by atoms with van der Waals surface area (Å²) in [6.07, 6.45) is -1.30. The summed E-state index contributed by atoms with van der Waals surface area (Å²) in [5.74, 6) is -1.27. The van der Waals surface area contributed by atoms with E-state index in [2.05, 4.69) is 0 Å². The summed E-state index contributed by atoms with van der Waals surface area (Å²) in [5, 5.41) is 24.5. The van der Waals surface area contributed by atoms with Crippen molar-refractivity contribution >= 4 is 5.97 Å². The van der Waals surface area contributed by atoms with Crippen molar-refractivity contribution in [2.75, 3.05) is 0 Å². The van der Waals surface area contributed by atoms with Crippen LogP contribution in [-0.2, 0) is 4.79 Å². The molecule has 0 aliphatic rings. The van der Waals surface area contributed by atoms with Gasteiger partial charge in [0, 0.05) is 6.42 Å². The van der Waals surface area contributed by atoms with E-state index in [1.165, 1.54) is 0 Å². The van der Waals surface area contributed by atoms with Crippen LogP contribution in [0.1, 0.15) is 12.8 Å². The minimum Gasteiger partial charge on any atom is -0.479 e. The highest BCUT2D eigenvalue weighted by Gasteiger charge is 2.10. The molecule has 0 aromatic rings. The van der Waals surface area contributed by atoms with Gasteiger partial charge in [-0.2, -0.15) is 5.26 Å². The molecule has 0 radical (unpaired) electrons. The molecule has 9 heavy (non-hydrogen) atoms. The summed E-state index contributed by atoms with van der Waals surface area (Å²) < 4.78 is 0. The van der Waals surface area contributed by atoms with Crippen molar-refractivity contribution in [1.29, 1.82) is 5.26 Å². The molecule has 4 heteroatoms. The van der Waals surface area contributed by atoms with Gasteiger partial charge in [0.25, 0.3) is 0 Å². The highest BCUT2D eigenvalue weighted by Crippen LogP contribution is 1.94. The summed E-state index contributed by atoms with van der Waals surface area (Å²) in [5.41, 5.74) is 0. The lowest BCUT2D eigenvalue weighted by atomic mass is 10.2. The van der Waals surface area contributed by atoms with Gasteiger partial charge in [0.05, 0.1) is 6.07 Å². The molecule has 0 rings (SSSR count). The van der Waals surface area contributed by atoms with E-state index < -0.39 is 12.1 Å². The smallest absolute Gasteiger partial charge is 0.332 e. The minimum atomic E-state index is -1.38. The van der Waals surface area contributed by atoms with E-state index in [1.807, 2.05) is 0 Å². The van der Waals surface area contributed by atoms with Crippen LogP contribution >= 0.6 is 0 Å². The second-order valence-electron chi connectivity index (χ2n) is 1.55. The normalized spacial score (nSPS) is 12.0. The van der Waals surface area contributed by atoms with Crippen LogP contribution in [0.2, 0.25) is 0 Å². The lowest BCUT2D eigenvalue weighted by Crippen LogP contribution is -2.18. The molecule has 0 aromatic carbocycles. The van der Waals surface area contributed by atoms with Crippen molar-refractivity contribution in [2.45, 2.75) is 18.9 Å². The highest BCUT2D eigenvalue weighted by molar-refractivity contribution is 5.71. The largest absolute Gasteiger partial charge is 0.479 e. The van der Waals surface area contributed by atoms with Crippen molar-refractivity contribution in [2.24, 2.45) is 0 Å². The van der Waals surface area contributed by atoms with Crippen LogP contribution in [0, 0.1) is 11.3 Å². The Kier molecular flexibility index (Phi) is 3.40. The molecule has 0 aliphatic carbocycles. The Bertz CT molecular complexity index is 138. The van der Waals surface area contributed by atoms with E-state index in [-0.39, 0.29) is 12.8 Å². The fourth-order valence-electron chi connectivity index (χ4n) is 0.325. The van der Waals surface area contributed by atoms with Crippen molar-refractivity contribution < 1.29 is 15.0 Å². The first-order chi connectivity index (χ1) is 4.18. The Morgan fingerprint density at radius 1 is 1.78 bits per heavy atom. The van der Waals surface area contributed by atoms with Gasteiger partial charge in [0.2, 0.25) is 0 Å². The van der Waals surface area contributed by atoms with E-state index in [4.69, 9.17) is 15.5 Å². The molecule has 0 aromatic heterocycles. The van der Waals surface area contributed by atoms with Gasteiger partial charge in [-0.1, -0.05) is 0 Å². The third kappa shape index (κ3) is 3.50. The number of carboxylic acids is 1. The van der Waals surface area contributed by atoms with Gasteiger partial charge in [-0.05, 0) is 6.42 Å². The first kappa shape index (κ1) is 7.92. The van der Waals surface area contributed by atoms with Crippen molar-refractivity contribution in [3.63, 3.8) is 0 Å². The molecule has 0 unspecified atom stereocenters. The van der Waals surface area contributed by atoms with Crippen LogP contribution in [0.4, 0.5) is 0 Å². The predicted octanol–water partition coefficient (Wildman–Crippen LogP) is -0.264. The standard InChI is InChI=1S/C5H7NO3/c6-3-1-2-4(7)5(8)9/h4,7H,1-2H2,(H,8,9)/t4-/m0/s1. The molecule has 0 spiro atoms. The van der Waals surface area contributed by atoms with Crippen LogP contribution in [0.3, 0.4) is 0 Å². The van der Waals surface area contributed by atoms with Gasteiger partial charge in [-0.3, -0.25) is 0 Å². The van der Waals surface area contributed by atoms with E-state index in [9.17, 15) is 4.79 Å². The second-order valence-corrected chi connectivity index (χ2v) is 1.55. The van der Waals surface area contributed by atoms with Gasteiger partial charge < -0.3 is 10.2 Å². The first-order valence-electron chi connectivity index (χ1n) is 2.46. The number of aliphatic hydroxyl groups excluding tert-OH is 1. The van der Waals surface area contributed by atoms with Gasteiger partial charge in [0.15, 0.2) is 6.10 Å². The molecule has 0 bridgehead atoms. The molecular formula is C5H7NO3. The first-order valence-corrected chi connectivity index (χ1v) is 2.46. The van der Waals surface area contributed by atoms with Gasteiger partial charge in [-0.25, -0.2) is 4.79 Å². The van der Waals surface area contributed by atoms with E-state index in [1.54, 1.807) is 6.07 Å². The number of carboxylic acid groups (broad SMARTS) is 1. The van der Waals surface area contributed by atoms with Crippen LogP contribution in [0.25, 0.3) is 0 Å². The molecule has 0 saturated heterocycles. The Morgan fingerprint density at radius 2 is 2.33 bits per heavy atom. The molecule has 1 atom stereocenters. The van der Waals surface area contributed by atoms with E-state index >= 15 is 0 Å². The zero-order valence-electron chi connectivity index (χ0n) is 4.74. The Morgan fingerprint density at radius 3 is 2.67 bits per heavy atom. The summed E-state index contributed by atoms with van der Waals surface area (Å²) in [6.45, 7) is 0. The van der Waals surface area contributed by atoms with Crippen LogP contribution in [0.15, 0.2) is 0 Å². The molecule has 2 N–H and O–H groups in total. The SMILES string of the molecule is N#CCC[C@H](O)C(=O)O. The zero-order valence-corrected chi connectivity index (χ0v) is 4.74. The number of hydrogen-bond donors (Lipinski definition) is 2. The summed E-state index contributed by atoms with van der Waals surface area (Å²) in [4.78, 5) is 9.85. The lowest BCUT2D eigenvalue weighted by molar-refractivity contribution is -0.146. The molecule has 50 valence electrons. The van der Waals surface area contributed by atoms with Crippen molar-refractivity contribution in [1.82, 2.24) is 0 Å². The molecule has 0 fully saturated rings. The molecular weight excluding hydrogens is 122 g/mol. The number of hydrogen-bond acceptors (Lipinski definition) is 3. The lowest BCUT2D eigenvalue weighted by Gasteiger charge is -1.98. The third-order valence-corrected chi connectivity index (χ3v) is 0.815. The summed E-state index contributed by atoms with van der Waals surface area (Å²) >= 11 is 0.